The van der Waals surface area contributed by atoms with E-state index < -0.39 is 29.6 Å². The summed E-state index contributed by atoms with van der Waals surface area (Å²) in [6.45, 7) is 0.306. The van der Waals surface area contributed by atoms with Gasteiger partial charge in [0.05, 0.1) is 21.8 Å². The van der Waals surface area contributed by atoms with Gasteiger partial charge in [-0.25, -0.2) is 0 Å². The van der Waals surface area contributed by atoms with Crippen molar-refractivity contribution in [2.75, 3.05) is 6.61 Å². The molecule has 2 atom stereocenters. The van der Waals surface area contributed by atoms with Gasteiger partial charge < -0.3 is 4.74 Å². The highest BCUT2D eigenvalue weighted by Crippen LogP contribution is 2.41. The number of alkyl halides is 6. The molecule has 1 aliphatic heterocycles. The first-order chi connectivity index (χ1) is 13.0. The Labute approximate surface area is 166 Å². The van der Waals surface area contributed by atoms with Crippen LogP contribution in [0.5, 0.6) is 0 Å². The van der Waals surface area contributed by atoms with E-state index in [1.165, 1.54) is 17.8 Å². The highest BCUT2D eigenvalue weighted by molar-refractivity contribution is 8.00. The Balaban J connectivity index is 1.73. The quantitative estimate of drug-likeness (QED) is 0.490. The lowest BCUT2D eigenvalue weighted by Crippen LogP contribution is -2.23. The molecule has 1 saturated heterocycles. The van der Waals surface area contributed by atoms with Gasteiger partial charge in [-0.1, -0.05) is 17.7 Å². The fraction of sp³-hybridized carbons (Fsp3) is 0.389. The third-order valence-electron chi connectivity index (χ3n) is 4.20. The molecular weight excluding hydrogens is 428 g/mol. The normalized spacial score (nSPS) is 21.0. The molecule has 0 N–H and O–H groups in total. The van der Waals surface area contributed by atoms with Crippen LogP contribution in [-0.4, -0.2) is 16.8 Å². The molecule has 28 heavy (non-hydrogen) atoms. The number of nitrogens with zero attached hydrogens (tertiary/aromatic N) is 1. The minimum Gasteiger partial charge on any atom is -0.372 e. The van der Waals surface area contributed by atoms with Gasteiger partial charge in [0.15, 0.2) is 0 Å². The maximum absolute atomic E-state index is 12.9. The summed E-state index contributed by atoms with van der Waals surface area (Å²) in [4.78, 5) is 4.29. The molecule has 2 nitrogen and oxygen atoms in total. The summed E-state index contributed by atoms with van der Waals surface area (Å²) in [5.41, 5.74) is -1.48. The number of pyridine rings is 1. The predicted octanol–water partition coefficient (Wildman–Crippen LogP) is 6.79. The van der Waals surface area contributed by atoms with E-state index in [0.717, 1.165) is 18.2 Å². The van der Waals surface area contributed by atoms with Crippen LogP contribution in [0.1, 0.15) is 35.8 Å². The summed E-state index contributed by atoms with van der Waals surface area (Å²) in [5.74, 6) is 0. The first-order valence-corrected chi connectivity index (χ1v) is 9.48. The fourth-order valence-corrected chi connectivity index (χ4v) is 4.35. The van der Waals surface area contributed by atoms with Crippen LogP contribution in [0.25, 0.3) is 0 Å². The van der Waals surface area contributed by atoms with Gasteiger partial charge in [-0.2, -0.15) is 26.3 Å². The lowest BCUT2D eigenvalue weighted by Gasteiger charge is -2.29. The second kappa shape index (κ2) is 8.12. The van der Waals surface area contributed by atoms with Crippen LogP contribution in [0, 0.1) is 0 Å². The molecule has 0 radical (unpaired) electrons. The number of hydrogen-bond donors (Lipinski definition) is 0. The number of hydrogen-bond acceptors (Lipinski definition) is 3. The number of rotatable bonds is 3. The molecule has 0 saturated carbocycles. The lowest BCUT2D eigenvalue weighted by atomic mass is 10.0. The van der Waals surface area contributed by atoms with Crippen LogP contribution < -0.4 is 0 Å². The van der Waals surface area contributed by atoms with E-state index in [4.69, 9.17) is 16.3 Å². The third kappa shape index (κ3) is 5.12. The van der Waals surface area contributed by atoms with Crippen molar-refractivity contribution in [2.45, 2.75) is 41.4 Å². The first-order valence-electron chi connectivity index (χ1n) is 8.22. The van der Waals surface area contributed by atoms with Crippen molar-refractivity contribution >= 4 is 23.4 Å². The van der Waals surface area contributed by atoms with Crippen molar-refractivity contribution in [3.8, 4) is 0 Å². The molecule has 2 unspecified atom stereocenters. The van der Waals surface area contributed by atoms with E-state index in [0.29, 0.717) is 30.5 Å². The van der Waals surface area contributed by atoms with Crippen LogP contribution in [0.4, 0.5) is 26.3 Å². The second-order valence-corrected chi connectivity index (χ2v) is 8.02. The van der Waals surface area contributed by atoms with Gasteiger partial charge in [0.25, 0.3) is 0 Å². The van der Waals surface area contributed by atoms with Crippen molar-refractivity contribution in [3.05, 3.63) is 58.4 Å². The smallest absolute Gasteiger partial charge is 0.372 e. The fourth-order valence-electron chi connectivity index (χ4n) is 2.84. The molecule has 152 valence electrons. The van der Waals surface area contributed by atoms with Crippen molar-refractivity contribution in [1.29, 1.82) is 0 Å². The number of thioether (sulfide) groups is 1. The molecule has 0 spiro atoms. The Kier molecular flexibility index (Phi) is 6.17. The number of ether oxygens (including phenoxy) is 1. The number of halogens is 7. The van der Waals surface area contributed by atoms with Crippen molar-refractivity contribution < 1.29 is 31.1 Å². The van der Waals surface area contributed by atoms with E-state index in [9.17, 15) is 26.3 Å². The molecule has 1 aromatic heterocycles. The summed E-state index contributed by atoms with van der Waals surface area (Å²) >= 11 is 7.25. The van der Waals surface area contributed by atoms with Gasteiger partial charge >= 0.3 is 12.4 Å². The number of aromatic nitrogens is 1. The molecule has 3 rings (SSSR count). The monoisotopic (exact) mass is 441 g/mol. The van der Waals surface area contributed by atoms with Gasteiger partial charge in [0.2, 0.25) is 0 Å². The van der Waals surface area contributed by atoms with Crippen molar-refractivity contribution in [1.82, 2.24) is 4.98 Å². The highest BCUT2D eigenvalue weighted by Gasteiger charge is 2.34. The van der Waals surface area contributed by atoms with Gasteiger partial charge in [0.1, 0.15) is 6.10 Å². The van der Waals surface area contributed by atoms with E-state index in [1.807, 2.05) is 0 Å². The van der Waals surface area contributed by atoms with Gasteiger partial charge in [-0.15, -0.1) is 11.8 Å². The third-order valence-corrected chi connectivity index (χ3v) is 5.79. The minimum atomic E-state index is -4.55. The van der Waals surface area contributed by atoms with Gasteiger partial charge in [0, 0.05) is 22.9 Å². The van der Waals surface area contributed by atoms with E-state index in [2.05, 4.69) is 4.98 Å². The zero-order valence-corrected chi connectivity index (χ0v) is 15.7. The van der Waals surface area contributed by atoms with Crippen LogP contribution in [0.3, 0.4) is 0 Å². The Morgan fingerprint density at radius 1 is 1.04 bits per heavy atom. The average Bonchev–Trinajstić information content (AvgIpc) is 2.60. The molecule has 2 heterocycles. The molecule has 0 bridgehead atoms. The van der Waals surface area contributed by atoms with Crippen LogP contribution in [-0.2, 0) is 17.1 Å². The Bertz CT molecular complexity index is 842. The average molecular weight is 442 g/mol. The zero-order chi connectivity index (χ0) is 20.5. The molecule has 1 aromatic carbocycles. The summed E-state index contributed by atoms with van der Waals surface area (Å²) in [6, 6.07) is 5.82. The summed E-state index contributed by atoms with van der Waals surface area (Å²) in [7, 11) is 0. The largest absolute Gasteiger partial charge is 0.417 e. The molecule has 1 fully saturated rings. The molecule has 1 aliphatic rings. The van der Waals surface area contributed by atoms with Crippen LogP contribution in [0.15, 0.2) is 41.4 Å². The van der Waals surface area contributed by atoms with Gasteiger partial charge in [-0.3, -0.25) is 4.98 Å². The van der Waals surface area contributed by atoms with Crippen molar-refractivity contribution in [2.24, 2.45) is 0 Å². The van der Waals surface area contributed by atoms with E-state index >= 15 is 0 Å². The van der Waals surface area contributed by atoms with E-state index in [-0.39, 0.29) is 16.0 Å². The standard InChI is InChI=1S/C18H14ClF6NOS/c19-14-7-11(18(23,24)25)9-26-16(14)15-8-13(4-5-27-15)28-12-3-1-2-10(6-12)17(20,21)22/h1-3,6-7,9,13,15H,4-5,8H2. The lowest BCUT2D eigenvalue weighted by molar-refractivity contribution is -0.138. The molecule has 0 aliphatic carbocycles. The Hall–Kier alpha value is -1.45. The van der Waals surface area contributed by atoms with Crippen LogP contribution >= 0.6 is 23.4 Å². The van der Waals surface area contributed by atoms with Crippen molar-refractivity contribution in [3.63, 3.8) is 0 Å². The Morgan fingerprint density at radius 3 is 2.39 bits per heavy atom. The maximum Gasteiger partial charge on any atom is 0.417 e. The molecule has 0 amide bonds. The molecule has 2 aromatic rings. The SMILES string of the molecule is FC(F)(F)c1cccc(SC2CCOC(c3ncc(C(F)(F)F)cc3Cl)C2)c1. The minimum absolute atomic E-state index is 0.0811. The summed E-state index contributed by atoms with van der Waals surface area (Å²) < 4.78 is 82.4. The van der Waals surface area contributed by atoms with E-state index in [1.54, 1.807) is 6.07 Å². The summed E-state index contributed by atoms with van der Waals surface area (Å²) in [6.07, 6.45) is -7.92. The van der Waals surface area contributed by atoms with Crippen LogP contribution in [0.2, 0.25) is 5.02 Å². The predicted molar refractivity (Wildman–Crippen MR) is 93.3 cm³/mol. The topological polar surface area (TPSA) is 22.1 Å². The second-order valence-electron chi connectivity index (χ2n) is 6.24. The molecule has 10 heteroatoms. The maximum atomic E-state index is 12.9. The molecular formula is C18H14ClF6NOS. The highest BCUT2D eigenvalue weighted by atomic mass is 35.5. The first kappa shape index (κ1) is 21.3. The number of benzene rings is 1. The zero-order valence-electron chi connectivity index (χ0n) is 14.1. The van der Waals surface area contributed by atoms with Gasteiger partial charge in [-0.05, 0) is 37.1 Å². The Morgan fingerprint density at radius 2 is 1.75 bits per heavy atom. The summed E-state index contributed by atoms with van der Waals surface area (Å²) in [5, 5.41) is -0.230.